The molecule has 65 heavy (non-hydrogen) atoms. The first-order chi connectivity index (χ1) is 31.2. The average Bonchev–Trinajstić information content (AvgIpc) is 3.31. The number of hydrogen-bond acceptors (Lipinski definition) is 16. The lowest BCUT2D eigenvalue weighted by atomic mass is 10.1. The molecule has 0 radical (unpaired) electrons. The molecule has 2 heterocycles. The highest BCUT2D eigenvalue weighted by atomic mass is 35.5. The molecule has 4 aromatic carbocycles. The molecule has 0 atom stereocenters. The summed E-state index contributed by atoms with van der Waals surface area (Å²) in [5.74, 6) is 1.68. The molecule has 0 spiro atoms. The van der Waals surface area contributed by atoms with Gasteiger partial charge in [0.05, 0.1) is 71.4 Å². The van der Waals surface area contributed by atoms with Crippen LogP contribution < -0.4 is 60.3 Å². The molecule has 0 aliphatic rings. The molecule has 0 saturated heterocycles. The molecule has 18 nitrogen and oxygen atoms in total. The molecule has 0 fully saturated rings. The number of carbonyl (C=O) groups is 2. The van der Waals surface area contributed by atoms with Gasteiger partial charge in [-0.3, -0.25) is 9.59 Å². The van der Waals surface area contributed by atoms with Crippen molar-refractivity contribution in [2.45, 2.75) is 6.18 Å². The van der Waals surface area contributed by atoms with E-state index in [4.69, 9.17) is 40.0 Å². The van der Waals surface area contributed by atoms with Crippen molar-refractivity contribution in [2.24, 2.45) is 0 Å². The van der Waals surface area contributed by atoms with Crippen LogP contribution in [-0.2, 0) is 6.18 Å². The third kappa shape index (κ3) is 11.8. The van der Waals surface area contributed by atoms with Crippen LogP contribution in [0.1, 0.15) is 26.3 Å². The number of ether oxygens (including phenoxy) is 6. The molecule has 0 aliphatic heterocycles. The van der Waals surface area contributed by atoms with Gasteiger partial charge in [-0.2, -0.15) is 23.1 Å². The van der Waals surface area contributed by atoms with Gasteiger partial charge in [-0.15, -0.1) is 0 Å². The van der Waals surface area contributed by atoms with Crippen molar-refractivity contribution in [2.75, 3.05) is 78.0 Å². The zero-order chi connectivity index (χ0) is 47.3. The van der Waals surface area contributed by atoms with Crippen molar-refractivity contribution in [1.29, 1.82) is 0 Å². The van der Waals surface area contributed by atoms with Gasteiger partial charge < -0.3 is 60.3 Å². The van der Waals surface area contributed by atoms with Gasteiger partial charge in [0, 0.05) is 55.9 Å². The maximum atomic E-state index is 13.6. The fourth-order valence-electron chi connectivity index (χ4n) is 5.93. The number of alkyl halides is 3. The first-order valence-corrected chi connectivity index (χ1v) is 19.4. The molecule has 22 heteroatoms. The summed E-state index contributed by atoms with van der Waals surface area (Å²) in [6.07, 6.45) is -2.63. The second-order valence-electron chi connectivity index (χ2n) is 12.9. The minimum Gasteiger partial charge on any atom is -0.493 e. The molecular formula is C43H44ClF3N10O8. The number of amides is 2. The Kier molecular flexibility index (Phi) is 16.2. The number of nitrogens with one attached hydrogen (secondary N) is 6. The maximum Gasteiger partial charge on any atom is 0.421 e. The first kappa shape index (κ1) is 48.1. The van der Waals surface area contributed by atoms with Crippen LogP contribution in [0.3, 0.4) is 0 Å². The Morgan fingerprint density at radius 1 is 0.554 bits per heavy atom. The van der Waals surface area contributed by atoms with Crippen LogP contribution in [0, 0.1) is 0 Å². The zero-order valence-corrected chi connectivity index (χ0v) is 36.9. The molecule has 0 unspecified atom stereocenters. The van der Waals surface area contributed by atoms with Crippen LogP contribution >= 0.6 is 11.6 Å². The molecule has 6 N–H and O–H groups in total. The highest BCUT2D eigenvalue weighted by Gasteiger charge is 2.36. The van der Waals surface area contributed by atoms with E-state index in [2.05, 4.69) is 51.8 Å². The van der Waals surface area contributed by atoms with Crippen molar-refractivity contribution in [1.82, 2.24) is 30.6 Å². The number of benzene rings is 4. The van der Waals surface area contributed by atoms with Gasteiger partial charge in [0.1, 0.15) is 16.4 Å². The van der Waals surface area contributed by atoms with Crippen molar-refractivity contribution in [3.8, 4) is 34.5 Å². The van der Waals surface area contributed by atoms with E-state index in [1.54, 1.807) is 67.7 Å². The van der Waals surface area contributed by atoms with Gasteiger partial charge in [-0.1, -0.05) is 35.9 Å². The van der Waals surface area contributed by atoms with Crippen LogP contribution in [0.4, 0.5) is 59.5 Å². The van der Waals surface area contributed by atoms with E-state index < -0.39 is 23.5 Å². The lowest BCUT2D eigenvalue weighted by Crippen LogP contribution is -2.20. The molecule has 342 valence electrons. The van der Waals surface area contributed by atoms with Crippen LogP contribution in [0.2, 0.25) is 5.02 Å². The Morgan fingerprint density at radius 2 is 0.938 bits per heavy atom. The molecular weight excluding hydrogens is 877 g/mol. The zero-order valence-electron chi connectivity index (χ0n) is 36.1. The standard InChI is InChI=1S/C22H22F3N5O4.C21H22ClN5O4/c1-26-20(31)13-7-5-6-8-15(13)29-19-14(22(23,24)25)11-27-21(30-19)28-12-9-16(32-2)18(34-4)17(10-12)33-3;1-23-20(28)13-7-5-6-8-15(13)26-19-14(22)11-24-21(27-19)25-12-9-16(29-2)18(31-4)17(10-12)30-3/h5-11H,1-4H3,(H,26,31)(H2,27,28,29,30);5-11H,1-4H3,(H,23,28)(H2,24,25,26,27). The van der Waals surface area contributed by atoms with E-state index in [0.717, 1.165) is 0 Å². The lowest BCUT2D eigenvalue weighted by Gasteiger charge is -2.17. The first-order valence-electron chi connectivity index (χ1n) is 19.0. The van der Waals surface area contributed by atoms with E-state index in [9.17, 15) is 22.8 Å². The van der Waals surface area contributed by atoms with E-state index in [0.29, 0.717) is 74.2 Å². The number of nitrogens with zero attached hydrogens (tertiary/aromatic N) is 4. The maximum absolute atomic E-state index is 13.6. The summed E-state index contributed by atoms with van der Waals surface area (Å²) in [6, 6.07) is 19.7. The highest BCUT2D eigenvalue weighted by molar-refractivity contribution is 6.33. The monoisotopic (exact) mass is 920 g/mol. The number of hydrogen-bond donors (Lipinski definition) is 6. The van der Waals surface area contributed by atoms with E-state index in [1.807, 2.05) is 0 Å². The quantitative estimate of drug-likeness (QED) is 0.0538. The van der Waals surface area contributed by atoms with E-state index in [-0.39, 0.29) is 29.1 Å². The van der Waals surface area contributed by atoms with Crippen molar-refractivity contribution < 1.29 is 51.2 Å². The number of para-hydroxylation sites is 2. The lowest BCUT2D eigenvalue weighted by molar-refractivity contribution is -0.137. The van der Waals surface area contributed by atoms with Crippen molar-refractivity contribution in [3.05, 3.63) is 107 Å². The third-order valence-corrected chi connectivity index (χ3v) is 9.26. The summed E-state index contributed by atoms with van der Waals surface area (Å²) in [4.78, 5) is 40.7. The molecule has 0 aliphatic carbocycles. The number of rotatable bonds is 16. The van der Waals surface area contributed by atoms with E-state index in [1.165, 1.54) is 68.0 Å². The average molecular weight is 921 g/mol. The predicted molar refractivity (Wildman–Crippen MR) is 239 cm³/mol. The topological polar surface area (TPSA) is 213 Å². The van der Waals surface area contributed by atoms with Crippen LogP contribution in [-0.4, -0.2) is 88.5 Å². The minimum absolute atomic E-state index is 0.137. The van der Waals surface area contributed by atoms with Gasteiger partial charge in [0.2, 0.25) is 23.4 Å². The summed E-state index contributed by atoms with van der Waals surface area (Å²) in [5.41, 5.74) is 1.20. The summed E-state index contributed by atoms with van der Waals surface area (Å²) in [5, 5.41) is 17.0. The number of methoxy groups -OCH3 is 6. The second kappa shape index (κ2) is 21.9. The fourth-order valence-corrected chi connectivity index (χ4v) is 6.07. The Labute approximate surface area is 376 Å². The normalized spacial score (nSPS) is 10.6. The van der Waals surface area contributed by atoms with Gasteiger partial charge in [0.25, 0.3) is 11.8 Å². The number of carbonyl (C=O) groups excluding carboxylic acids is 2. The molecule has 0 bridgehead atoms. The Balaban J connectivity index is 0.000000245. The third-order valence-electron chi connectivity index (χ3n) is 8.98. The Hall–Kier alpha value is -7.94. The van der Waals surface area contributed by atoms with Crippen molar-refractivity contribution >= 4 is 69.7 Å². The number of anilines is 8. The summed E-state index contributed by atoms with van der Waals surface area (Å²) in [6.45, 7) is 0. The van der Waals surface area contributed by atoms with Crippen LogP contribution in [0.5, 0.6) is 34.5 Å². The Bertz CT molecular complexity index is 2590. The molecule has 6 rings (SSSR count). The molecule has 2 aromatic heterocycles. The summed E-state index contributed by atoms with van der Waals surface area (Å²) < 4.78 is 72.9. The van der Waals surface area contributed by atoms with Gasteiger partial charge >= 0.3 is 6.18 Å². The summed E-state index contributed by atoms with van der Waals surface area (Å²) in [7, 11) is 11.9. The van der Waals surface area contributed by atoms with Crippen LogP contribution in [0.25, 0.3) is 0 Å². The highest BCUT2D eigenvalue weighted by Crippen LogP contribution is 2.42. The fraction of sp³-hybridized carbons (Fsp3) is 0.209. The molecule has 2 amide bonds. The predicted octanol–water partition coefficient (Wildman–Crippen LogP) is 8.37. The number of aromatic nitrogens is 4. The van der Waals surface area contributed by atoms with Gasteiger partial charge in [0.15, 0.2) is 28.8 Å². The van der Waals surface area contributed by atoms with Gasteiger partial charge in [-0.25, -0.2) is 9.97 Å². The van der Waals surface area contributed by atoms with Crippen LogP contribution in [0.15, 0.2) is 85.2 Å². The smallest absolute Gasteiger partial charge is 0.421 e. The SMILES string of the molecule is CNC(=O)c1ccccc1Nc1nc(Nc2cc(OC)c(OC)c(OC)c2)ncc1C(F)(F)F.CNC(=O)c1ccccc1Nc1nc(Nc2cc(OC)c(OC)c(OC)c2)ncc1Cl. The second-order valence-corrected chi connectivity index (χ2v) is 13.3. The largest absolute Gasteiger partial charge is 0.493 e. The summed E-state index contributed by atoms with van der Waals surface area (Å²) >= 11 is 6.28. The Morgan fingerprint density at radius 3 is 1.32 bits per heavy atom. The molecule has 6 aromatic rings. The molecule has 0 saturated carbocycles. The minimum atomic E-state index is -4.74. The number of halogens is 4. The van der Waals surface area contributed by atoms with Gasteiger partial charge in [-0.05, 0) is 24.3 Å². The van der Waals surface area contributed by atoms with E-state index >= 15 is 0 Å². The van der Waals surface area contributed by atoms with Crippen molar-refractivity contribution in [3.63, 3.8) is 0 Å².